The number of benzene rings is 1. The van der Waals surface area contributed by atoms with Crippen molar-refractivity contribution in [2.75, 3.05) is 26.0 Å². The molecule has 2 aromatic rings. The maximum absolute atomic E-state index is 12.4. The molecular formula is C16H22F2IN5OS. The van der Waals surface area contributed by atoms with Crippen LogP contribution in [0.5, 0.6) is 5.75 Å². The molecule has 0 radical (unpaired) electrons. The topological polar surface area (TPSA) is 61.8 Å². The van der Waals surface area contributed by atoms with Crippen LogP contribution in [0, 0.1) is 0 Å². The Bertz CT molecular complexity index is 711. The second kappa shape index (κ2) is 11.1. The predicted molar refractivity (Wildman–Crippen MR) is 112 cm³/mol. The average molecular weight is 497 g/mol. The predicted octanol–water partition coefficient (Wildman–Crippen LogP) is 3.29. The van der Waals surface area contributed by atoms with Crippen LogP contribution in [0.1, 0.15) is 11.3 Å². The van der Waals surface area contributed by atoms with E-state index in [0.29, 0.717) is 24.6 Å². The van der Waals surface area contributed by atoms with Gasteiger partial charge in [0.15, 0.2) is 11.1 Å². The molecular weight excluding hydrogens is 475 g/mol. The first-order valence-electron chi connectivity index (χ1n) is 7.58. The monoisotopic (exact) mass is 497 g/mol. The number of ether oxygens (including phenoxy) is 1. The standard InChI is InChI=1S/C16H21F2N5OS.HI/c1-19-15(21-9-12-10-25-16(22-12)23(2)3)20-8-11-6-4-5-7-13(11)24-14(17)18;/h4-7,10,14H,8-9H2,1-3H3,(H2,19,20,21);1H. The number of aliphatic imine (C=N–C) groups is 1. The molecule has 0 saturated carbocycles. The van der Waals surface area contributed by atoms with E-state index in [4.69, 9.17) is 0 Å². The number of nitrogens with one attached hydrogen (secondary N) is 2. The zero-order chi connectivity index (χ0) is 18.2. The average Bonchev–Trinajstić information content (AvgIpc) is 3.05. The highest BCUT2D eigenvalue weighted by Crippen LogP contribution is 2.20. The number of hydrogen-bond donors (Lipinski definition) is 2. The molecule has 10 heteroatoms. The number of rotatable bonds is 7. The molecule has 6 nitrogen and oxygen atoms in total. The molecule has 1 heterocycles. The molecule has 0 spiro atoms. The van der Waals surface area contributed by atoms with E-state index in [2.05, 4.69) is 25.3 Å². The van der Waals surface area contributed by atoms with Crippen LogP contribution >= 0.6 is 35.3 Å². The lowest BCUT2D eigenvalue weighted by molar-refractivity contribution is -0.0504. The number of alkyl halides is 2. The van der Waals surface area contributed by atoms with Crippen LogP contribution in [-0.2, 0) is 13.1 Å². The van der Waals surface area contributed by atoms with Crippen LogP contribution < -0.4 is 20.3 Å². The number of guanidine groups is 1. The normalized spacial score (nSPS) is 11.1. The largest absolute Gasteiger partial charge is 0.434 e. The first kappa shape index (κ1) is 22.4. The SMILES string of the molecule is CN=C(NCc1csc(N(C)C)n1)NCc1ccccc1OC(F)F.I. The lowest BCUT2D eigenvalue weighted by Gasteiger charge is -2.14. The summed E-state index contributed by atoms with van der Waals surface area (Å²) in [7, 11) is 5.52. The van der Waals surface area contributed by atoms with Gasteiger partial charge in [0.25, 0.3) is 0 Å². The molecule has 0 unspecified atom stereocenters. The fourth-order valence-electron chi connectivity index (χ4n) is 2.02. The minimum atomic E-state index is -2.85. The van der Waals surface area contributed by atoms with Crippen molar-refractivity contribution in [3.05, 3.63) is 40.9 Å². The highest BCUT2D eigenvalue weighted by molar-refractivity contribution is 14.0. The van der Waals surface area contributed by atoms with Crippen LogP contribution in [-0.4, -0.2) is 38.7 Å². The number of hydrogen-bond acceptors (Lipinski definition) is 5. The first-order valence-corrected chi connectivity index (χ1v) is 8.46. The Morgan fingerprint density at radius 2 is 1.96 bits per heavy atom. The van der Waals surface area contributed by atoms with E-state index < -0.39 is 6.61 Å². The summed E-state index contributed by atoms with van der Waals surface area (Å²) >= 11 is 1.56. The maximum Gasteiger partial charge on any atom is 0.387 e. The van der Waals surface area contributed by atoms with Gasteiger partial charge in [-0.3, -0.25) is 4.99 Å². The van der Waals surface area contributed by atoms with Crippen molar-refractivity contribution in [3.8, 4) is 5.75 Å². The van der Waals surface area contributed by atoms with Gasteiger partial charge in [-0.25, -0.2) is 4.98 Å². The number of para-hydroxylation sites is 1. The maximum atomic E-state index is 12.4. The van der Waals surface area contributed by atoms with Gasteiger partial charge in [-0.2, -0.15) is 8.78 Å². The molecule has 0 aliphatic heterocycles. The molecule has 0 aliphatic rings. The van der Waals surface area contributed by atoms with E-state index in [0.717, 1.165) is 10.8 Å². The van der Waals surface area contributed by atoms with Gasteiger partial charge < -0.3 is 20.3 Å². The summed E-state index contributed by atoms with van der Waals surface area (Å²) in [5.41, 5.74) is 1.52. The second-order valence-corrected chi connectivity index (χ2v) is 6.12. The first-order chi connectivity index (χ1) is 12.0. The zero-order valence-corrected chi connectivity index (χ0v) is 17.8. The van der Waals surface area contributed by atoms with Gasteiger partial charge in [0.05, 0.1) is 12.2 Å². The van der Waals surface area contributed by atoms with Gasteiger partial charge in [-0.1, -0.05) is 18.2 Å². The Hall–Kier alpha value is -1.69. The highest BCUT2D eigenvalue weighted by Gasteiger charge is 2.10. The third kappa shape index (κ3) is 6.90. The van der Waals surface area contributed by atoms with Gasteiger partial charge in [-0.05, 0) is 6.07 Å². The van der Waals surface area contributed by atoms with E-state index in [1.165, 1.54) is 6.07 Å². The molecule has 144 valence electrons. The van der Waals surface area contributed by atoms with Gasteiger partial charge >= 0.3 is 6.61 Å². The van der Waals surface area contributed by atoms with Gasteiger partial charge in [0.2, 0.25) is 0 Å². The lowest BCUT2D eigenvalue weighted by atomic mass is 10.2. The van der Waals surface area contributed by atoms with Crippen LogP contribution in [0.4, 0.5) is 13.9 Å². The number of thiazole rings is 1. The summed E-state index contributed by atoms with van der Waals surface area (Å²) < 4.78 is 29.4. The number of nitrogens with zero attached hydrogens (tertiary/aromatic N) is 3. The molecule has 2 rings (SSSR count). The summed E-state index contributed by atoms with van der Waals surface area (Å²) in [4.78, 5) is 10.5. The van der Waals surface area contributed by atoms with Gasteiger partial charge in [-0.15, -0.1) is 35.3 Å². The zero-order valence-electron chi connectivity index (χ0n) is 14.7. The molecule has 0 bridgehead atoms. The molecule has 26 heavy (non-hydrogen) atoms. The molecule has 0 atom stereocenters. The van der Waals surface area contributed by atoms with Crippen molar-refractivity contribution >= 4 is 46.4 Å². The van der Waals surface area contributed by atoms with Gasteiger partial charge in [0.1, 0.15) is 5.75 Å². The van der Waals surface area contributed by atoms with E-state index in [1.807, 2.05) is 24.4 Å². The van der Waals surface area contributed by atoms with E-state index in [1.54, 1.807) is 36.6 Å². The fourth-order valence-corrected chi connectivity index (χ4v) is 2.78. The Kier molecular flexibility index (Phi) is 9.55. The Morgan fingerprint density at radius 3 is 2.58 bits per heavy atom. The second-order valence-electron chi connectivity index (χ2n) is 5.28. The van der Waals surface area contributed by atoms with Crippen molar-refractivity contribution in [1.82, 2.24) is 15.6 Å². The van der Waals surface area contributed by atoms with Crippen molar-refractivity contribution < 1.29 is 13.5 Å². The molecule has 2 N–H and O–H groups in total. The van der Waals surface area contributed by atoms with Crippen molar-refractivity contribution in [3.63, 3.8) is 0 Å². The smallest absolute Gasteiger partial charge is 0.387 e. The third-order valence-corrected chi connectivity index (χ3v) is 4.27. The van der Waals surface area contributed by atoms with Crippen LogP contribution in [0.15, 0.2) is 34.6 Å². The van der Waals surface area contributed by atoms with Gasteiger partial charge in [0, 0.05) is 38.6 Å². The van der Waals surface area contributed by atoms with Crippen molar-refractivity contribution in [1.29, 1.82) is 0 Å². The lowest BCUT2D eigenvalue weighted by Crippen LogP contribution is -2.36. The minimum Gasteiger partial charge on any atom is -0.434 e. The van der Waals surface area contributed by atoms with Crippen LogP contribution in [0.3, 0.4) is 0 Å². The van der Waals surface area contributed by atoms with E-state index in [9.17, 15) is 8.78 Å². The summed E-state index contributed by atoms with van der Waals surface area (Å²) in [6.07, 6.45) is 0. The number of anilines is 1. The van der Waals surface area contributed by atoms with Crippen molar-refractivity contribution in [2.24, 2.45) is 4.99 Å². The van der Waals surface area contributed by atoms with E-state index in [-0.39, 0.29) is 29.7 Å². The number of halogens is 3. The van der Waals surface area contributed by atoms with Crippen LogP contribution in [0.25, 0.3) is 0 Å². The van der Waals surface area contributed by atoms with Crippen molar-refractivity contribution in [2.45, 2.75) is 19.7 Å². The third-order valence-electron chi connectivity index (χ3n) is 3.22. The Balaban J connectivity index is 0.00000338. The molecule has 0 aliphatic carbocycles. The molecule has 1 aromatic heterocycles. The summed E-state index contributed by atoms with van der Waals surface area (Å²) in [5, 5.41) is 9.12. The highest BCUT2D eigenvalue weighted by atomic mass is 127. The minimum absolute atomic E-state index is 0. The molecule has 0 fully saturated rings. The fraction of sp³-hybridized carbons (Fsp3) is 0.375. The summed E-state index contributed by atoms with van der Waals surface area (Å²) in [6.45, 7) is -2.03. The quantitative estimate of drug-likeness (QED) is 0.350. The van der Waals surface area contributed by atoms with E-state index >= 15 is 0 Å². The number of aromatic nitrogens is 1. The summed E-state index contributed by atoms with van der Waals surface area (Å²) in [5.74, 6) is 0.696. The molecule has 0 saturated heterocycles. The molecule has 0 amide bonds. The van der Waals surface area contributed by atoms with Crippen LogP contribution in [0.2, 0.25) is 0 Å². The summed E-state index contributed by atoms with van der Waals surface area (Å²) in [6, 6.07) is 6.65. The Morgan fingerprint density at radius 1 is 1.27 bits per heavy atom. The molecule has 1 aromatic carbocycles. The Labute approximate surface area is 172 Å².